The summed E-state index contributed by atoms with van der Waals surface area (Å²) in [6, 6.07) is 10.4. The third-order valence-corrected chi connectivity index (χ3v) is 3.68. The second-order valence-corrected chi connectivity index (χ2v) is 5.39. The van der Waals surface area contributed by atoms with Gasteiger partial charge in [0.25, 0.3) is 5.91 Å². The summed E-state index contributed by atoms with van der Waals surface area (Å²) in [4.78, 5) is 12.0. The predicted molar refractivity (Wildman–Crippen MR) is 89.1 cm³/mol. The summed E-state index contributed by atoms with van der Waals surface area (Å²) < 4.78 is 13.3. The largest absolute Gasteiger partial charge is 0.395 e. The molecular formula is C18H21FN2O2. The van der Waals surface area contributed by atoms with Gasteiger partial charge in [-0.25, -0.2) is 4.39 Å². The van der Waals surface area contributed by atoms with Crippen LogP contribution in [-0.2, 0) is 6.54 Å². The van der Waals surface area contributed by atoms with Crippen LogP contribution in [0.2, 0.25) is 0 Å². The molecule has 2 rings (SSSR count). The van der Waals surface area contributed by atoms with E-state index in [0.29, 0.717) is 17.7 Å². The van der Waals surface area contributed by atoms with Gasteiger partial charge in [-0.15, -0.1) is 0 Å². The van der Waals surface area contributed by atoms with Crippen molar-refractivity contribution < 1.29 is 14.3 Å². The second kappa shape index (κ2) is 7.74. The van der Waals surface area contributed by atoms with Crippen LogP contribution >= 0.6 is 0 Å². The lowest BCUT2D eigenvalue weighted by atomic mass is 10.1. The summed E-state index contributed by atoms with van der Waals surface area (Å²) in [6.45, 7) is 4.28. The molecule has 3 N–H and O–H groups in total. The molecular weight excluding hydrogens is 295 g/mol. The van der Waals surface area contributed by atoms with Crippen LogP contribution in [-0.4, -0.2) is 24.2 Å². The van der Waals surface area contributed by atoms with Crippen LogP contribution in [0.5, 0.6) is 0 Å². The maximum atomic E-state index is 13.3. The summed E-state index contributed by atoms with van der Waals surface area (Å²) >= 11 is 0. The Morgan fingerprint density at radius 1 is 1.22 bits per heavy atom. The smallest absolute Gasteiger partial charge is 0.251 e. The van der Waals surface area contributed by atoms with Crippen LogP contribution < -0.4 is 10.6 Å². The molecule has 0 radical (unpaired) electrons. The molecule has 0 heterocycles. The van der Waals surface area contributed by atoms with Crippen molar-refractivity contribution in [3.63, 3.8) is 0 Å². The van der Waals surface area contributed by atoms with Crippen molar-refractivity contribution in [2.75, 3.05) is 18.5 Å². The van der Waals surface area contributed by atoms with E-state index >= 15 is 0 Å². The maximum Gasteiger partial charge on any atom is 0.251 e. The molecule has 2 aromatic carbocycles. The highest BCUT2D eigenvalue weighted by Crippen LogP contribution is 2.20. The number of rotatable bonds is 6. The number of halogens is 1. The summed E-state index contributed by atoms with van der Waals surface area (Å²) in [5.74, 6) is -0.426. The van der Waals surface area contributed by atoms with Gasteiger partial charge in [-0.1, -0.05) is 18.2 Å². The fourth-order valence-electron chi connectivity index (χ4n) is 2.35. The summed E-state index contributed by atoms with van der Waals surface area (Å²) in [7, 11) is 0. The highest BCUT2D eigenvalue weighted by atomic mass is 19.1. The van der Waals surface area contributed by atoms with E-state index in [1.807, 2.05) is 13.0 Å². The number of aliphatic hydroxyl groups excluding tert-OH is 1. The Labute approximate surface area is 135 Å². The molecule has 0 fully saturated rings. The Kier molecular flexibility index (Phi) is 5.71. The molecule has 0 aromatic heterocycles. The van der Waals surface area contributed by atoms with Crippen LogP contribution in [0.25, 0.3) is 0 Å². The van der Waals surface area contributed by atoms with E-state index in [-0.39, 0.29) is 24.9 Å². The first-order valence-electron chi connectivity index (χ1n) is 7.50. The van der Waals surface area contributed by atoms with E-state index in [4.69, 9.17) is 5.11 Å². The van der Waals surface area contributed by atoms with Gasteiger partial charge >= 0.3 is 0 Å². The van der Waals surface area contributed by atoms with Crippen molar-refractivity contribution in [1.29, 1.82) is 0 Å². The molecule has 0 saturated heterocycles. The zero-order valence-electron chi connectivity index (χ0n) is 13.3. The number of aryl methyl sites for hydroxylation is 1. The van der Waals surface area contributed by atoms with Crippen molar-refractivity contribution in [3.8, 4) is 0 Å². The molecule has 0 spiro atoms. The first-order valence-corrected chi connectivity index (χ1v) is 7.50. The van der Waals surface area contributed by atoms with Crippen LogP contribution in [0.1, 0.15) is 27.0 Å². The lowest BCUT2D eigenvalue weighted by Gasteiger charge is -2.13. The summed E-state index contributed by atoms with van der Waals surface area (Å²) in [5, 5.41) is 14.7. The molecule has 0 atom stereocenters. The Bertz CT molecular complexity index is 701. The van der Waals surface area contributed by atoms with Gasteiger partial charge in [0, 0.05) is 24.3 Å². The number of carbonyl (C=O) groups is 1. The molecule has 1 amide bonds. The number of aliphatic hydroxyl groups is 1. The maximum absolute atomic E-state index is 13.3. The molecule has 5 heteroatoms. The molecule has 4 nitrogen and oxygen atoms in total. The topological polar surface area (TPSA) is 61.4 Å². The number of anilines is 1. The monoisotopic (exact) mass is 316 g/mol. The highest BCUT2D eigenvalue weighted by molar-refractivity contribution is 5.97. The second-order valence-electron chi connectivity index (χ2n) is 5.39. The van der Waals surface area contributed by atoms with Gasteiger partial charge in [0.15, 0.2) is 0 Å². The van der Waals surface area contributed by atoms with Crippen LogP contribution in [0, 0.1) is 19.7 Å². The molecule has 0 aliphatic heterocycles. The van der Waals surface area contributed by atoms with Gasteiger partial charge in [0.05, 0.1) is 6.61 Å². The first kappa shape index (κ1) is 17.0. The first-order chi connectivity index (χ1) is 11.0. The lowest BCUT2D eigenvalue weighted by molar-refractivity contribution is 0.0944. The number of benzene rings is 2. The Morgan fingerprint density at radius 3 is 2.70 bits per heavy atom. The third kappa shape index (κ3) is 4.29. The summed E-state index contributed by atoms with van der Waals surface area (Å²) in [5.41, 5.74) is 3.83. The van der Waals surface area contributed by atoms with Gasteiger partial charge in [0.1, 0.15) is 5.82 Å². The minimum absolute atomic E-state index is 0.0906. The molecule has 2 aromatic rings. The molecule has 23 heavy (non-hydrogen) atoms. The van der Waals surface area contributed by atoms with Crippen molar-refractivity contribution in [3.05, 3.63) is 64.5 Å². The third-order valence-electron chi connectivity index (χ3n) is 3.68. The van der Waals surface area contributed by atoms with E-state index in [9.17, 15) is 9.18 Å². The van der Waals surface area contributed by atoms with Crippen LogP contribution in [0.4, 0.5) is 10.1 Å². The van der Waals surface area contributed by atoms with Gasteiger partial charge < -0.3 is 15.7 Å². The number of carbonyl (C=O) groups excluding carboxylic acids is 1. The number of hydrogen-bond acceptors (Lipinski definition) is 3. The minimum Gasteiger partial charge on any atom is -0.395 e. The van der Waals surface area contributed by atoms with Gasteiger partial charge in [-0.05, 0) is 48.7 Å². The van der Waals surface area contributed by atoms with Crippen LogP contribution in [0.3, 0.4) is 0 Å². The van der Waals surface area contributed by atoms with Crippen LogP contribution in [0.15, 0.2) is 36.4 Å². The SMILES string of the molecule is Cc1cc(CNc2cccc(C(=O)NCCO)c2C)ccc1F. The zero-order valence-corrected chi connectivity index (χ0v) is 13.3. The van der Waals surface area contributed by atoms with E-state index in [2.05, 4.69) is 10.6 Å². The number of hydrogen-bond donors (Lipinski definition) is 3. The Hall–Kier alpha value is -2.40. The Morgan fingerprint density at radius 2 is 2.00 bits per heavy atom. The predicted octanol–water partition coefficient (Wildman–Crippen LogP) is 2.78. The Balaban J connectivity index is 2.11. The molecule has 0 aliphatic rings. The highest BCUT2D eigenvalue weighted by Gasteiger charge is 2.11. The normalized spacial score (nSPS) is 10.4. The van der Waals surface area contributed by atoms with Gasteiger partial charge in [0.2, 0.25) is 0 Å². The quantitative estimate of drug-likeness (QED) is 0.768. The van der Waals surface area contributed by atoms with Crippen molar-refractivity contribution in [1.82, 2.24) is 5.32 Å². The fourth-order valence-corrected chi connectivity index (χ4v) is 2.35. The minimum atomic E-state index is -0.215. The number of nitrogens with one attached hydrogen (secondary N) is 2. The van der Waals surface area contributed by atoms with E-state index < -0.39 is 0 Å². The number of amides is 1. The molecule has 0 saturated carbocycles. The fraction of sp³-hybridized carbons (Fsp3) is 0.278. The van der Waals surface area contributed by atoms with Crippen molar-refractivity contribution >= 4 is 11.6 Å². The van der Waals surface area contributed by atoms with Crippen molar-refractivity contribution in [2.45, 2.75) is 20.4 Å². The average Bonchev–Trinajstić information content (AvgIpc) is 2.54. The molecule has 0 unspecified atom stereocenters. The molecule has 0 bridgehead atoms. The van der Waals surface area contributed by atoms with Crippen molar-refractivity contribution in [2.24, 2.45) is 0 Å². The van der Waals surface area contributed by atoms with E-state index in [1.165, 1.54) is 6.07 Å². The van der Waals surface area contributed by atoms with E-state index in [0.717, 1.165) is 16.8 Å². The summed E-state index contributed by atoms with van der Waals surface area (Å²) in [6.07, 6.45) is 0. The zero-order chi connectivity index (χ0) is 16.8. The van der Waals surface area contributed by atoms with E-state index in [1.54, 1.807) is 31.2 Å². The standard InChI is InChI=1S/C18H21FN2O2/c1-12-10-14(6-7-16(12)19)11-21-17-5-3-4-15(13(17)2)18(23)20-8-9-22/h3-7,10,21-22H,8-9,11H2,1-2H3,(H,20,23). The van der Waals surface area contributed by atoms with Gasteiger partial charge in [-0.3, -0.25) is 4.79 Å². The van der Waals surface area contributed by atoms with Gasteiger partial charge in [-0.2, -0.15) is 0 Å². The molecule has 122 valence electrons. The molecule has 0 aliphatic carbocycles. The average molecular weight is 316 g/mol. The lowest BCUT2D eigenvalue weighted by Crippen LogP contribution is -2.27.